The minimum Gasteiger partial charge on any atom is -0.479 e. The number of thiophene rings is 1. The topological polar surface area (TPSA) is 140 Å². The number of rotatable bonds is 11. The molecular weight excluding hydrogens is 484 g/mol. The summed E-state index contributed by atoms with van der Waals surface area (Å²) in [5.41, 5.74) is 7.48. The highest BCUT2D eigenvalue weighted by atomic mass is 32.1. The number of hydrogen-bond donors (Lipinski definition) is 4. The van der Waals surface area contributed by atoms with Gasteiger partial charge in [0.1, 0.15) is 0 Å². The molecule has 2 heterocycles. The van der Waals surface area contributed by atoms with Gasteiger partial charge in [0.15, 0.2) is 4.87 Å². The highest BCUT2D eigenvalue weighted by Crippen LogP contribution is 2.27. The van der Waals surface area contributed by atoms with Crippen molar-refractivity contribution in [1.82, 2.24) is 16.3 Å². The maximum atomic E-state index is 13.1. The number of aliphatic carboxylic acids is 1. The molecule has 1 fully saturated rings. The lowest BCUT2D eigenvalue weighted by Gasteiger charge is -2.17. The monoisotopic (exact) mass is 509 g/mol. The third kappa shape index (κ3) is 6.12. The number of aryl methyl sites for hydroxylation is 1. The van der Waals surface area contributed by atoms with Crippen LogP contribution in [0.15, 0.2) is 66.0 Å². The van der Waals surface area contributed by atoms with Crippen molar-refractivity contribution in [2.24, 2.45) is 0 Å². The van der Waals surface area contributed by atoms with Crippen LogP contribution in [0.25, 0.3) is 10.4 Å². The van der Waals surface area contributed by atoms with Gasteiger partial charge in [-0.25, -0.2) is 10.2 Å². The Morgan fingerprint density at radius 1 is 1.11 bits per heavy atom. The summed E-state index contributed by atoms with van der Waals surface area (Å²) in [4.78, 5) is 48.9. The van der Waals surface area contributed by atoms with Crippen LogP contribution in [0.2, 0.25) is 0 Å². The van der Waals surface area contributed by atoms with Gasteiger partial charge in [0.25, 0.3) is 12.0 Å². The maximum Gasteiger partial charge on any atom is 0.377 e. The third-order valence-corrected chi connectivity index (χ3v) is 6.59. The number of epoxide rings is 1. The molecule has 0 bridgehead atoms. The van der Waals surface area contributed by atoms with Crippen LogP contribution in [0.3, 0.4) is 0 Å². The second kappa shape index (κ2) is 11.1. The fraction of sp³-hybridized carbons (Fsp3) is 0.240. The van der Waals surface area contributed by atoms with E-state index in [0.717, 1.165) is 16.0 Å². The Morgan fingerprint density at radius 3 is 2.64 bits per heavy atom. The minimum absolute atomic E-state index is 0.00255. The van der Waals surface area contributed by atoms with Crippen molar-refractivity contribution in [2.45, 2.75) is 38.1 Å². The molecule has 0 spiro atoms. The Balaban J connectivity index is 1.32. The van der Waals surface area contributed by atoms with E-state index in [0.29, 0.717) is 11.1 Å². The van der Waals surface area contributed by atoms with Crippen molar-refractivity contribution >= 4 is 29.1 Å². The Morgan fingerprint density at radius 2 is 1.92 bits per heavy atom. The second-order valence-electron chi connectivity index (χ2n) is 8.23. The number of carboxylic acids is 1. The fourth-order valence-electron chi connectivity index (χ4n) is 3.68. The summed E-state index contributed by atoms with van der Waals surface area (Å²) in [6.07, 6.45) is -2.16. The summed E-state index contributed by atoms with van der Waals surface area (Å²) in [6.45, 7) is 1.92. The summed E-state index contributed by atoms with van der Waals surface area (Å²) in [5.74, 6) is -2.01. The molecule has 0 aliphatic carbocycles. The van der Waals surface area contributed by atoms with E-state index in [9.17, 15) is 19.3 Å². The number of hydrazine groups is 2. The van der Waals surface area contributed by atoms with E-state index in [1.807, 2.05) is 36.6 Å². The Hall–Kier alpha value is -4.09. The van der Waals surface area contributed by atoms with Crippen LogP contribution in [0, 0.1) is 4.91 Å². The van der Waals surface area contributed by atoms with Gasteiger partial charge in [0.2, 0.25) is 5.91 Å². The summed E-state index contributed by atoms with van der Waals surface area (Å²) in [5, 5.41) is 13.8. The van der Waals surface area contributed by atoms with Crippen molar-refractivity contribution in [3.8, 4) is 10.4 Å². The van der Waals surface area contributed by atoms with E-state index in [-0.39, 0.29) is 29.7 Å². The van der Waals surface area contributed by atoms with Crippen LogP contribution in [0.4, 0.5) is 0 Å². The van der Waals surface area contributed by atoms with Crippen LogP contribution in [-0.2, 0) is 20.7 Å². The maximum absolute atomic E-state index is 13.1. The van der Waals surface area contributed by atoms with Crippen molar-refractivity contribution < 1.29 is 29.1 Å². The highest BCUT2D eigenvalue weighted by Gasteiger charge is 2.59. The van der Waals surface area contributed by atoms with E-state index in [1.165, 1.54) is 0 Å². The van der Waals surface area contributed by atoms with Gasteiger partial charge in [-0.05, 0) is 53.6 Å². The van der Waals surface area contributed by atoms with Crippen LogP contribution >= 0.6 is 11.3 Å². The average molecular weight is 510 g/mol. The Kier molecular flexibility index (Phi) is 7.71. The predicted octanol–water partition coefficient (Wildman–Crippen LogP) is 2.96. The molecule has 0 radical (unpaired) electrons. The third-order valence-electron chi connectivity index (χ3n) is 5.67. The first kappa shape index (κ1) is 25.0. The summed E-state index contributed by atoms with van der Waals surface area (Å²) < 4.78 is 4.69. The molecule has 0 saturated carbocycles. The van der Waals surface area contributed by atoms with Gasteiger partial charge in [0.05, 0.1) is 10.9 Å². The first-order valence-electron chi connectivity index (χ1n) is 11.2. The number of nitrogens with one attached hydrogen (secondary N) is 3. The number of carboxylic acid groups (broad SMARTS) is 1. The number of carbonyl (C=O) groups excluding carboxylic acids is 2. The van der Waals surface area contributed by atoms with Gasteiger partial charge in [-0.3, -0.25) is 14.3 Å². The molecule has 0 unspecified atom stereocenters. The van der Waals surface area contributed by atoms with Crippen molar-refractivity contribution in [2.75, 3.05) is 0 Å². The van der Waals surface area contributed by atoms with Gasteiger partial charge in [-0.1, -0.05) is 48.0 Å². The standard InChI is InChI=1S/C25H24N4O6S/c1-15(17-7-4-8-18(14-17)20-10-5-13-36-20)26-23(31)19-9-3-2-6-16(19)11-12-21(30)27-28-29(34)24-22(35-24)25(32)33/h2-10,13-15,22,24H,11-12H2,1H3,(H3-,26,27,28,30,31,32,33,34)/p+1/t15-,22-,24-/m1/s1. The van der Waals surface area contributed by atoms with Crippen LogP contribution in [-0.4, -0.2) is 40.1 Å². The molecule has 1 saturated heterocycles. The van der Waals surface area contributed by atoms with Crippen molar-refractivity contribution in [3.63, 3.8) is 0 Å². The zero-order valence-corrected chi connectivity index (χ0v) is 20.2. The van der Waals surface area contributed by atoms with Crippen LogP contribution < -0.4 is 16.3 Å². The molecule has 10 nitrogen and oxygen atoms in total. The largest absolute Gasteiger partial charge is 0.479 e. The van der Waals surface area contributed by atoms with Crippen LogP contribution in [0.1, 0.15) is 40.9 Å². The molecule has 2 amide bonds. The fourth-order valence-corrected chi connectivity index (χ4v) is 4.40. The number of benzene rings is 2. The van der Waals surface area contributed by atoms with Crippen molar-refractivity contribution in [1.29, 1.82) is 0 Å². The van der Waals surface area contributed by atoms with Gasteiger partial charge in [-0.15, -0.1) is 11.3 Å². The number of nitrogens with zero attached hydrogens (tertiary/aromatic N) is 1. The molecule has 4 N–H and O–H groups in total. The van der Waals surface area contributed by atoms with Gasteiger partial charge in [0, 0.05) is 16.9 Å². The summed E-state index contributed by atoms with van der Waals surface area (Å²) >= 11 is 1.65. The zero-order chi connectivity index (χ0) is 25.7. The average Bonchev–Trinajstić information content (AvgIpc) is 3.51. The number of amides is 2. The highest BCUT2D eigenvalue weighted by molar-refractivity contribution is 7.13. The number of nitroso groups, excluding NO2 is 1. The lowest BCUT2D eigenvalue weighted by molar-refractivity contribution is -0.642. The predicted molar refractivity (Wildman–Crippen MR) is 132 cm³/mol. The lowest BCUT2D eigenvalue weighted by Crippen LogP contribution is -2.45. The van der Waals surface area contributed by atoms with E-state index in [1.54, 1.807) is 35.6 Å². The number of carbonyl (C=O) groups is 3. The quantitative estimate of drug-likeness (QED) is 0.177. The molecule has 1 aliphatic heterocycles. The van der Waals surface area contributed by atoms with E-state index in [4.69, 9.17) is 5.11 Å². The molecule has 3 aromatic rings. The molecule has 186 valence electrons. The molecular formula is C25H25N4O6S+. The molecule has 4 rings (SSSR count). The van der Waals surface area contributed by atoms with Crippen LogP contribution in [0.5, 0.6) is 0 Å². The summed E-state index contributed by atoms with van der Waals surface area (Å²) in [6, 6.07) is 18.9. The molecule has 36 heavy (non-hydrogen) atoms. The normalized spacial score (nSPS) is 17.0. The molecule has 2 aromatic carbocycles. The SMILES string of the molecule is C[C@@H](NC(=O)c1ccccc1CCC(=O)NN[N+](=O)[C@@H]1O[C@H]1C(=O)O)c1cccc(-c2cccs2)c1. The van der Waals surface area contributed by atoms with E-state index >= 15 is 0 Å². The smallest absolute Gasteiger partial charge is 0.377 e. The zero-order valence-electron chi connectivity index (χ0n) is 19.3. The van der Waals surface area contributed by atoms with Gasteiger partial charge < -0.3 is 10.4 Å². The molecule has 1 aromatic heterocycles. The first-order valence-corrected chi connectivity index (χ1v) is 12.1. The van der Waals surface area contributed by atoms with E-state index in [2.05, 4.69) is 33.1 Å². The molecule has 3 atom stereocenters. The van der Waals surface area contributed by atoms with Gasteiger partial charge in [-0.2, -0.15) is 0 Å². The first-order chi connectivity index (χ1) is 17.3. The van der Waals surface area contributed by atoms with E-state index < -0.39 is 24.2 Å². The van der Waals surface area contributed by atoms with Gasteiger partial charge >= 0.3 is 12.2 Å². The number of hydrogen-bond acceptors (Lipinski definition) is 6. The molecule has 1 aliphatic rings. The molecule has 11 heteroatoms. The minimum atomic E-state index is -1.26. The summed E-state index contributed by atoms with van der Waals surface area (Å²) in [7, 11) is 0. The second-order valence-corrected chi connectivity index (χ2v) is 9.17. The Bertz CT molecular complexity index is 1280. The lowest BCUT2D eigenvalue weighted by atomic mass is 10.0. The van der Waals surface area contributed by atoms with Crippen molar-refractivity contribution in [3.05, 3.63) is 87.6 Å². The number of ether oxygens (including phenoxy) is 1. The Labute approximate surface area is 210 Å².